The summed E-state index contributed by atoms with van der Waals surface area (Å²) in [7, 11) is 2.05. The van der Waals surface area contributed by atoms with Gasteiger partial charge in [0.15, 0.2) is 0 Å². The molecule has 2 aromatic heterocycles. The predicted molar refractivity (Wildman–Crippen MR) is 148 cm³/mol. The van der Waals surface area contributed by atoms with Crippen LogP contribution in [0.25, 0.3) is 21.9 Å². The number of aromatic nitrogens is 4. The molecule has 37 heavy (non-hydrogen) atoms. The van der Waals surface area contributed by atoms with Gasteiger partial charge in [-0.05, 0) is 51.3 Å². The van der Waals surface area contributed by atoms with E-state index in [-0.39, 0.29) is 6.03 Å². The number of aryl methyl sites for hydroxylation is 2. The Hall–Kier alpha value is -3.72. The lowest BCUT2D eigenvalue weighted by Gasteiger charge is -2.36. The van der Waals surface area contributed by atoms with Crippen molar-refractivity contribution in [1.82, 2.24) is 29.3 Å². The highest BCUT2D eigenvalue weighted by molar-refractivity contribution is 6.01. The number of piperazine rings is 1. The molecule has 9 nitrogen and oxygen atoms in total. The zero-order valence-corrected chi connectivity index (χ0v) is 22.0. The van der Waals surface area contributed by atoms with Crippen molar-refractivity contribution in [3.8, 4) is 0 Å². The van der Waals surface area contributed by atoms with Crippen LogP contribution in [-0.4, -0.2) is 67.6 Å². The number of para-hydroxylation sites is 1. The van der Waals surface area contributed by atoms with E-state index in [1.165, 1.54) is 0 Å². The van der Waals surface area contributed by atoms with Crippen molar-refractivity contribution < 1.29 is 4.79 Å². The van der Waals surface area contributed by atoms with Crippen LogP contribution in [-0.2, 0) is 7.05 Å². The van der Waals surface area contributed by atoms with Gasteiger partial charge in [0.1, 0.15) is 11.3 Å². The van der Waals surface area contributed by atoms with E-state index in [0.717, 1.165) is 64.9 Å². The molecule has 1 aliphatic heterocycles. The zero-order chi connectivity index (χ0) is 25.7. The van der Waals surface area contributed by atoms with Crippen molar-refractivity contribution in [2.75, 3.05) is 36.8 Å². The van der Waals surface area contributed by atoms with Crippen molar-refractivity contribution in [2.24, 2.45) is 7.05 Å². The minimum absolute atomic E-state index is 0.0851. The highest BCUT2D eigenvalue weighted by Crippen LogP contribution is 2.41. The number of rotatable bonds is 5. The van der Waals surface area contributed by atoms with Crippen LogP contribution in [0.2, 0.25) is 0 Å². The summed E-state index contributed by atoms with van der Waals surface area (Å²) in [6, 6.07) is 10.5. The van der Waals surface area contributed by atoms with E-state index in [1.807, 2.05) is 29.3 Å². The highest BCUT2D eigenvalue weighted by Gasteiger charge is 2.30. The number of hydrogen-bond acceptors (Lipinski definition) is 6. The van der Waals surface area contributed by atoms with Crippen LogP contribution in [0.15, 0.2) is 36.5 Å². The van der Waals surface area contributed by atoms with E-state index in [0.29, 0.717) is 36.7 Å². The first kappa shape index (κ1) is 23.7. The first-order valence-corrected chi connectivity index (χ1v) is 13.2. The van der Waals surface area contributed by atoms with Gasteiger partial charge in [0.05, 0.1) is 16.7 Å². The Kier molecular flexibility index (Phi) is 5.95. The molecule has 2 amide bonds. The molecule has 0 radical (unpaired) electrons. The number of hydrogen-bond donors (Lipinski definition) is 2. The maximum atomic E-state index is 13.3. The lowest BCUT2D eigenvalue weighted by molar-refractivity contribution is 0.125. The Morgan fingerprint density at radius 2 is 1.84 bits per heavy atom. The Balaban J connectivity index is 1.32. The maximum absolute atomic E-state index is 13.3. The van der Waals surface area contributed by atoms with Gasteiger partial charge in [-0.3, -0.25) is 4.90 Å². The molecular formula is C28H34N8O. The number of nitrogens with one attached hydrogen (secondary N) is 2. The van der Waals surface area contributed by atoms with Gasteiger partial charge in [-0.15, -0.1) is 0 Å². The average Bonchev–Trinajstić information content (AvgIpc) is 3.68. The number of nitrogens with zero attached hydrogens (tertiary/aromatic N) is 6. The quantitative estimate of drug-likeness (QED) is 0.402. The number of carbonyl (C=O) groups excluding carboxylic acids is 1. The second kappa shape index (κ2) is 9.30. The molecule has 2 aliphatic rings. The monoisotopic (exact) mass is 498 g/mol. The Morgan fingerprint density at radius 3 is 2.57 bits per heavy atom. The van der Waals surface area contributed by atoms with Crippen molar-refractivity contribution in [1.29, 1.82) is 0 Å². The van der Waals surface area contributed by atoms with Crippen LogP contribution >= 0.6 is 0 Å². The standard InChI is InChI=1S/C28H34N8O/c1-17(2)35-10-12-36(13-11-35)28(37)31-22-14-21(15-23-25(22)32-26(34(23)4)19-8-9-19)30-27-29-16-20-7-5-6-18(3)24(20)33-27/h5-7,14-17,19H,8-13H2,1-4H3,(H,31,37)(H,29,30,33). The molecule has 1 aliphatic carbocycles. The number of urea groups is 1. The summed E-state index contributed by atoms with van der Waals surface area (Å²) in [5.74, 6) is 2.09. The van der Waals surface area contributed by atoms with Gasteiger partial charge in [0.25, 0.3) is 0 Å². The molecule has 2 fully saturated rings. The minimum atomic E-state index is -0.0851. The van der Waals surface area contributed by atoms with Crippen molar-refractivity contribution in [3.63, 3.8) is 0 Å². The van der Waals surface area contributed by atoms with E-state index in [9.17, 15) is 4.79 Å². The highest BCUT2D eigenvalue weighted by atomic mass is 16.2. The molecule has 0 bridgehead atoms. The summed E-state index contributed by atoms with van der Waals surface area (Å²) in [5.41, 5.74) is 5.33. The Morgan fingerprint density at radius 1 is 1.05 bits per heavy atom. The SMILES string of the molecule is Cc1cccc2cnc(Nc3cc(NC(=O)N4CCN(C(C)C)CC4)c4nc(C5CC5)n(C)c4c3)nc12. The molecule has 0 unspecified atom stereocenters. The summed E-state index contributed by atoms with van der Waals surface area (Å²) in [6.07, 6.45) is 4.16. The molecule has 2 N–H and O–H groups in total. The van der Waals surface area contributed by atoms with E-state index < -0.39 is 0 Å². The van der Waals surface area contributed by atoms with Gasteiger partial charge < -0.3 is 20.1 Å². The van der Waals surface area contributed by atoms with E-state index in [1.54, 1.807) is 0 Å². The largest absolute Gasteiger partial charge is 0.331 e. The number of benzene rings is 2. The molecule has 6 rings (SSSR count). The van der Waals surface area contributed by atoms with Crippen LogP contribution < -0.4 is 10.6 Å². The average molecular weight is 499 g/mol. The van der Waals surface area contributed by atoms with Gasteiger partial charge in [0.2, 0.25) is 5.95 Å². The topological polar surface area (TPSA) is 91.2 Å². The van der Waals surface area contributed by atoms with Crippen LogP contribution in [0, 0.1) is 6.92 Å². The molecule has 192 valence electrons. The maximum Gasteiger partial charge on any atom is 0.321 e. The third kappa shape index (κ3) is 4.59. The lowest BCUT2D eigenvalue weighted by atomic mass is 10.1. The van der Waals surface area contributed by atoms with Crippen molar-refractivity contribution in [3.05, 3.63) is 47.9 Å². The van der Waals surface area contributed by atoms with Crippen LogP contribution in [0.4, 0.5) is 22.1 Å². The fraction of sp³-hybridized carbons (Fsp3) is 0.429. The minimum Gasteiger partial charge on any atom is -0.331 e. The first-order valence-electron chi connectivity index (χ1n) is 13.2. The molecule has 4 aromatic rings. The number of carbonyl (C=O) groups is 1. The van der Waals surface area contributed by atoms with Gasteiger partial charge >= 0.3 is 6.03 Å². The van der Waals surface area contributed by atoms with E-state index >= 15 is 0 Å². The van der Waals surface area contributed by atoms with Gasteiger partial charge in [-0.2, -0.15) is 0 Å². The predicted octanol–water partition coefficient (Wildman–Crippen LogP) is 5.00. The van der Waals surface area contributed by atoms with Gasteiger partial charge in [-0.25, -0.2) is 19.7 Å². The summed E-state index contributed by atoms with van der Waals surface area (Å²) in [6.45, 7) is 9.64. The summed E-state index contributed by atoms with van der Waals surface area (Å²) >= 11 is 0. The normalized spacial score (nSPS) is 16.6. The van der Waals surface area contributed by atoms with Crippen molar-refractivity contribution >= 4 is 45.3 Å². The summed E-state index contributed by atoms with van der Waals surface area (Å²) in [5, 5.41) is 7.56. The van der Waals surface area contributed by atoms with E-state index in [4.69, 9.17) is 9.97 Å². The molecule has 3 heterocycles. The summed E-state index contributed by atoms with van der Waals surface area (Å²) < 4.78 is 2.15. The molecule has 0 atom stereocenters. The number of anilines is 3. The van der Waals surface area contributed by atoms with Gasteiger partial charge in [0, 0.05) is 62.5 Å². The van der Waals surface area contributed by atoms with Crippen molar-refractivity contribution in [2.45, 2.75) is 45.6 Å². The third-order valence-electron chi connectivity index (χ3n) is 7.61. The number of amides is 2. The van der Waals surface area contributed by atoms with Crippen LogP contribution in [0.3, 0.4) is 0 Å². The van der Waals surface area contributed by atoms with E-state index in [2.05, 4.69) is 65.0 Å². The smallest absolute Gasteiger partial charge is 0.321 e. The molecule has 1 saturated carbocycles. The summed E-state index contributed by atoms with van der Waals surface area (Å²) in [4.78, 5) is 31.8. The molecule has 2 aromatic carbocycles. The molecule has 9 heteroatoms. The fourth-order valence-electron chi connectivity index (χ4n) is 5.21. The molecule has 1 saturated heterocycles. The van der Waals surface area contributed by atoms with Gasteiger partial charge in [-0.1, -0.05) is 18.2 Å². The Bertz CT molecular complexity index is 1480. The molecule has 0 spiro atoms. The van der Waals surface area contributed by atoms with Crippen LogP contribution in [0.1, 0.15) is 44.0 Å². The fourth-order valence-corrected chi connectivity index (χ4v) is 5.21. The molecular weight excluding hydrogens is 464 g/mol. The Labute approximate surface area is 216 Å². The number of fused-ring (bicyclic) bond motifs is 2. The zero-order valence-electron chi connectivity index (χ0n) is 22.0. The van der Waals surface area contributed by atoms with Crippen LogP contribution in [0.5, 0.6) is 0 Å². The lowest BCUT2D eigenvalue weighted by Crippen LogP contribution is -2.51. The third-order valence-corrected chi connectivity index (χ3v) is 7.61. The first-order chi connectivity index (χ1) is 17.9. The second-order valence-electron chi connectivity index (χ2n) is 10.6. The number of imidazole rings is 1. The second-order valence-corrected chi connectivity index (χ2v) is 10.6.